The molecule has 1 N–H and O–H groups in total. The van der Waals surface area contributed by atoms with Crippen molar-refractivity contribution >= 4 is 29.3 Å². The van der Waals surface area contributed by atoms with Gasteiger partial charge in [0.25, 0.3) is 0 Å². The van der Waals surface area contributed by atoms with Crippen LogP contribution in [0.3, 0.4) is 0 Å². The van der Waals surface area contributed by atoms with Crippen molar-refractivity contribution in [3.63, 3.8) is 0 Å². The monoisotopic (exact) mass is 360 g/mol. The fraction of sp³-hybridized carbons (Fsp3) is 0.222. The quantitative estimate of drug-likeness (QED) is 0.804. The molecular formula is C18H17FN2O3S. The number of anilines is 1. The molecule has 0 bridgehead atoms. The van der Waals surface area contributed by atoms with Crippen LogP contribution >= 0.6 is 11.8 Å². The molecule has 0 aromatic heterocycles. The van der Waals surface area contributed by atoms with E-state index < -0.39 is 0 Å². The van der Waals surface area contributed by atoms with Crippen LogP contribution in [-0.4, -0.2) is 37.3 Å². The zero-order valence-corrected chi connectivity index (χ0v) is 14.2. The Morgan fingerprint density at radius 1 is 1.20 bits per heavy atom. The van der Waals surface area contributed by atoms with Crippen molar-refractivity contribution in [2.45, 2.75) is 4.90 Å². The summed E-state index contributed by atoms with van der Waals surface area (Å²) >= 11 is 1.48. The number of ether oxygens (including phenoxy) is 1. The first-order valence-corrected chi connectivity index (χ1v) is 8.79. The Labute approximate surface area is 149 Å². The van der Waals surface area contributed by atoms with E-state index in [2.05, 4.69) is 5.32 Å². The number of carbonyl (C=O) groups is 2. The third-order valence-electron chi connectivity index (χ3n) is 3.62. The number of rotatable bonds is 6. The lowest BCUT2D eigenvalue weighted by Crippen LogP contribution is -2.44. The van der Waals surface area contributed by atoms with Gasteiger partial charge in [-0.15, -0.1) is 11.8 Å². The number of hydrogen-bond donors (Lipinski definition) is 1. The second kappa shape index (κ2) is 8.02. The van der Waals surface area contributed by atoms with Gasteiger partial charge >= 0.3 is 0 Å². The number of amides is 2. The number of carbonyl (C=O) groups excluding carboxylic acids is 2. The summed E-state index contributed by atoms with van der Waals surface area (Å²) in [5.41, 5.74) is 0.765. The maximum absolute atomic E-state index is 12.8. The molecule has 0 spiro atoms. The van der Waals surface area contributed by atoms with E-state index in [0.717, 1.165) is 10.6 Å². The minimum Gasteiger partial charge on any atom is -0.492 e. The Morgan fingerprint density at radius 3 is 2.76 bits per heavy atom. The van der Waals surface area contributed by atoms with E-state index in [1.54, 1.807) is 0 Å². The first-order chi connectivity index (χ1) is 12.1. The number of hydrogen-bond acceptors (Lipinski definition) is 4. The van der Waals surface area contributed by atoms with Gasteiger partial charge in [-0.1, -0.05) is 12.1 Å². The first kappa shape index (κ1) is 17.3. The molecule has 7 heteroatoms. The van der Waals surface area contributed by atoms with Crippen LogP contribution in [0.4, 0.5) is 10.1 Å². The van der Waals surface area contributed by atoms with E-state index in [4.69, 9.17) is 4.74 Å². The fourth-order valence-electron chi connectivity index (χ4n) is 2.42. The summed E-state index contributed by atoms with van der Waals surface area (Å²) in [6, 6.07) is 13.2. The number of para-hydroxylation sites is 1. The Morgan fingerprint density at radius 2 is 1.96 bits per heavy atom. The van der Waals surface area contributed by atoms with E-state index in [0.29, 0.717) is 18.0 Å². The van der Waals surface area contributed by atoms with Crippen molar-refractivity contribution in [2.24, 2.45) is 0 Å². The summed E-state index contributed by atoms with van der Waals surface area (Å²) in [6.07, 6.45) is 0. The molecule has 1 aliphatic heterocycles. The highest BCUT2D eigenvalue weighted by molar-refractivity contribution is 8.00. The molecule has 0 unspecified atom stereocenters. The van der Waals surface area contributed by atoms with Crippen LogP contribution in [0.5, 0.6) is 5.75 Å². The molecule has 0 atom stereocenters. The van der Waals surface area contributed by atoms with Crippen molar-refractivity contribution in [3.8, 4) is 5.75 Å². The van der Waals surface area contributed by atoms with E-state index in [-0.39, 0.29) is 30.8 Å². The standard InChI is InChI=1S/C18H17FN2O3S/c19-13-5-7-14(8-6-13)24-10-9-20-17(22)11-21-15-3-1-2-4-16(15)25-12-18(21)23/h1-8H,9-12H2,(H,20,22). The minimum atomic E-state index is -0.328. The topological polar surface area (TPSA) is 58.6 Å². The van der Waals surface area contributed by atoms with Gasteiger partial charge in [-0.05, 0) is 36.4 Å². The molecule has 130 valence electrons. The molecule has 3 rings (SSSR count). The largest absolute Gasteiger partial charge is 0.492 e. The minimum absolute atomic E-state index is 0.0209. The lowest BCUT2D eigenvalue weighted by molar-refractivity contribution is -0.123. The summed E-state index contributed by atoms with van der Waals surface area (Å²) in [4.78, 5) is 26.7. The average Bonchev–Trinajstić information content (AvgIpc) is 2.63. The van der Waals surface area contributed by atoms with Crippen molar-refractivity contribution in [1.82, 2.24) is 5.32 Å². The Kier molecular flexibility index (Phi) is 5.55. The highest BCUT2D eigenvalue weighted by atomic mass is 32.2. The van der Waals surface area contributed by atoms with Crippen LogP contribution in [0.2, 0.25) is 0 Å². The van der Waals surface area contributed by atoms with Crippen LogP contribution in [-0.2, 0) is 9.59 Å². The van der Waals surface area contributed by atoms with Gasteiger partial charge in [-0.2, -0.15) is 0 Å². The first-order valence-electron chi connectivity index (χ1n) is 7.81. The van der Waals surface area contributed by atoms with Gasteiger partial charge in [0.2, 0.25) is 11.8 Å². The molecule has 2 aromatic rings. The second-order valence-electron chi connectivity index (χ2n) is 5.39. The molecule has 0 saturated heterocycles. The van der Waals surface area contributed by atoms with Crippen LogP contribution in [0, 0.1) is 5.82 Å². The predicted molar refractivity (Wildman–Crippen MR) is 94.4 cm³/mol. The zero-order valence-electron chi connectivity index (χ0n) is 13.4. The predicted octanol–water partition coefficient (Wildman–Crippen LogP) is 2.46. The number of nitrogens with zero attached hydrogens (tertiary/aromatic N) is 1. The van der Waals surface area contributed by atoms with Crippen molar-refractivity contribution in [3.05, 3.63) is 54.3 Å². The van der Waals surface area contributed by atoms with Crippen LogP contribution in [0.25, 0.3) is 0 Å². The molecule has 0 aliphatic carbocycles. The SMILES string of the molecule is O=C(CN1C(=O)CSc2ccccc21)NCCOc1ccc(F)cc1. The molecule has 0 fully saturated rings. The Hall–Kier alpha value is -2.54. The van der Waals surface area contributed by atoms with E-state index in [9.17, 15) is 14.0 Å². The summed E-state index contributed by atoms with van der Waals surface area (Å²) in [7, 11) is 0. The third-order valence-corrected chi connectivity index (χ3v) is 4.66. The van der Waals surface area contributed by atoms with Gasteiger partial charge in [-0.3, -0.25) is 9.59 Å². The summed E-state index contributed by atoms with van der Waals surface area (Å²) in [6.45, 7) is 0.541. The molecule has 0 radical (unpaired) electrons. The molecule has 25 heavy (non-hydrogen) atoms. The van der Waals surface area contributed by atoms with Crippen LogP contribution < -0.4 is 15.0 Å². The number of fused-ring (bicyclic) bond motifs is 1. The molecule has 2 amide bonds. The zero-order chi connectivity index (χ0) is 17.6. The average molecular weight is 360 g/mol. The van der Waals surface area contributed by atoms with Gasteiger partial charge in [0.15, 0.2) is 0 Å². The van der Waals surface area contributed by atoms with Gasteiger partial charge in [-0.25, -0.2) is 4.39 Å². The van der Waals surface area contributed by atoms with Gasteiger partial charge in [0.1, 0.15) is 24.7 Å². The number of nitrogens with one attached hydrogen (secondary N) is 1. The van der Waals surface area contributed by atoms with Crippen molar-refractivity contribution in [2.75, 3.05) is 30.3 Å². The van der Waals surface area contributed by atoms with Crippen molar-refractivity contribution < 1.29 is 18.7 Å². The summed E-state index contributed by atoms with van der Waals surface area (Å²) < 4.78 is 18.2. The summed E-state index contributed by atoms with van der Waals surface area (Å²) in [5.74, 6) is 0.204. The lowest BCUT2D eigenvalue weighted by atomic mass is 10.2. The molecule has 5 nitrogen and oxygen atoms in total. The van der Waals surface area contributed by atoms with E-state index in [1.807, 2.05) is 24.3 Å². The fourth-order valence-corrected chi connectivity index (χ4v) is 3.35. The number of benzene rings is 2. The van der Waals surface area contributed by atoms with Crippen LogP contribution in [0.1, 0.15) is 0 Å². The van der Waals surface area contributed by atoms with E-state index >= 15 is 0 Å². The van der Waals surface area contributed by atoms with Gasteiger partial charge in [0.05, 0.1) is 18.0 Å². The Bertz CT molecular complexity index is 767. The third kappa shape index (κ3) is 4.51. The Balaban J connectivity index is 1.48. The highest BCUT2D eigenvalue weighted by Gasteiger charge is 2.25. The molecule has 1 aliphatic rings. The normalized spacial score (nSPS) is 13.3. The maximum Gasteiger partial charge on any atom is 0.240 e. The smallest absolute Gasteiger partial charge is 0.240 e. The maximum atomic E-state index is 12.8. The molecular weight excluding hydrogens is 343 g/mol. The lowest BCUT2D eigenvalue weighted by Gasteiger charge is -2.28. The van der Waals surface area contributed by atoms with E-state index in [1.165, 1.54) is 40.9 Å². The molecule has 0 saturated carbocycles. The molecule has 1 heterocycles. The second-order valence-corrected chi connectivity index (χ2v) is 6.41. The van der Waals surface area contributed by atoms with Gasteiger partial charge < -0.3 is 15.0 Å². The number of halogens is 1. The summed E-state index contributed by atoms with van der Waals surface area (Å²) in [5, 5.41) is 2.72. The highest BCUT2D eigenvalue weighted by Crippen LogP contribution is 2.34. The number of thioether (sulfide) groups is 1. The van der Waals surface area contributed by atoms with Crippen LogP contribution in [0.15, 0.2) is 53.4 Å². The molecule has 2 aromatic carbocycles. The van der Waals surface area contributed by atoms with Crippen molar-refractivity contribution in [1.29, 1.82) is 0 Å². The van der Waals surface area contributed by atoms with Gasteiger partial charge in [0, 0.05) is 4.90 Å².